The number of hydrogen-bond donors (Lipinski definition) is 1. The molecule has 0 saturated heterocycles. The van der Waals surface area contributed by atoms with Gasteiger partial charge in [-0.3, -0.25) is 4.98 Å². The number of pyridine rings is 1. The molecule has 1 aromatic rings. The summed E-state index contributed by atoms with van der Waals surface area (Å²) < 4.78 is 37.6. The van der Waals surface area contributed by atoms with Crippen molar-refractivity contribution < 1.29 is 13.2 Å². The highest BCUT2D eigenvalue weighted by molar-refractivity contribution is 5.24. The zero-order valence-electron chi connectivity index (χ0n) is 8.60. The topological polar surface area (TPSA) is 38.9 Å². The molecule has 0 atom stereocenters. The van der Waals surface area contributed by atoms with Crippen LogP contribution in [0.3, 0.4) is 0 Å². The van der Waals surface area contributed by atoms with Crippen molar-refractivity contribution >= 4 is 0 Å². The van der Waals surface area contributed by atoms with Gasteiger partial charge in [0.25, 0.3) is 0 Å². The van der Waals surface area contributed by atoms with E-state index in [0.717, 1.165) is 6.20 Å². The maximum Gasteiger partial charge on any atom is 0.433 e. The second-order valence-corrected chi connectivity index (χ2v) is 4.17. The van der Waals surface area contributed by atoms with Gasteiger partial charge in [0.05, 0.1) is 0 Å². The average Bonchev–Trinajstić information content (AvgIpc) is 1.99. The first-order chi connectivity index (χ1) is 6.70. The first-order valence-corrected chi connectivity index (χ1v) is 4.50. The maximum absolute atomic E-state index is 12.5. The van der Waals surface area contributed by atoms with Gasteiger partial charge in [0, 0.05) is 11.7 Å². The van der Waals surface area contributed by atoms with Crippen LogP contribution in [-0.4, -0.2) is 10.5 Å². The SMILES string of the molecule is CC(C)(N)Cc1cccnc1C(F)(F)F. The van der Waals surface area contributed by atoms with Crippen molar-refractivity contribution in [2.75, 3.05) is 0 Å². The molecular formula is C10H13F3N2. The van der Waals surface area contributed by atoms with Crippen LogP contribution in [0.5, 0.6) is 0 Å². The molecule has 0 aromatic carbocycles. The molecule has 0 aliphatic carbocycles. The summed E-state index contributed by atoms with van der Waals surface area (Å²) in [7, 11) is 0. The minimum absolute atomic E-state index is 0.137. The van der Waals surface area contributed by atoms with Crippen molar-refractivity contribution in [3.8, 4) is 0 Å². The molecule has 0 bridgehead atoms. The number of aromatic nitrogens is 1. The molecule has 0 fully saturated rings. The lowest BCUT2D eigenvalue weighted by Gasteiger charge is -2.20. The monoisotopic (exact) mass is 218 g/mol. The minimum Gasteiger partial charge on any atom is -0.325 e. The van der Waals surface area contributed by atoms with E-state index in [2.05, 4.69) is 4.98 Å². The number of halogens is 3. The van der Waals surface area contributed by atoms with E-state index in [4.69, 9.17) is 5.73 Å². The van der Waals surface area contributed by atoms with E-state index >= 15 is 0 Å². The highest BCUT2D eigenvalue weighted by Gasteiger charge is 2.35. The van der Waals surface area contributed by atoms with Crippen molar-refractivity contribution in [2.45, 2.75) is 32.0 Å². The number of nitrogens with zero attached hydrogens (tertiary/aromatic N) is 1. The number of hydrogen-bond acceptors (Lipinski definition) is 2. The van der Waals surface area contributed by atoms with Gasteiger partial charge in [0.1, 0.15) is 5.69 Å². The first-order valence-electron chi connectivity index (χ1n) is 4.50. The minimum atomic E-state index is -4.41. The van der Waals surface area contributed by atoms with Crippen LogP contribution in [-0.2, 0) is 12.6 Å². The molecule has 5 heteroatoms. The Morgan fingerprint density at radius 1 is 1.33 bits per heavy atom. The molecule has 84 valence electrons. The van der Waals surface area contributed by atoms with Crippen molar-refractivity contribution in [1.29, 1.82) is 0 Å². The lowest BCUT2D eigenvalue weighted by Crippen LogP contribution is -2.35. The van der Waals surface area contributed by atoms with Gasteiger partial charge in [-0.05, 0) is 31.9 Å². The summed E-state index contributed by atoms with van der Waals surface area (Å²) in [6.45, 7) is 3.36. The summed E-state index contributed by atoms with van der Waals surface area (Å²) >= 11 is 0. The van der Waals surface area contributed by atoms with Crippen LogP contribution in [0.25, 0.3) is 0 Å². The smallest absolute Gasteiger partial charge is 0.325 e. The van der Waals surface area contributed by atoms with Crippen LogP contribution in [0.15, 0.2) is 18.3 Å². The third-order valence-electron chi connectivity index (χ3n) is 1.81. The summed E-state index contributed by atoms with van der Waals surface area (Å²) in [6, 6.07) is 2.89. The second kappa shape index (κ2) is 3.81. The standard InChI is InChI=1S/C10H13F3N2/c1-9(2,14)6-7-4-3-5-15-8(7)10(11,12)13/h3-5H,6,14H2,1-2H3. The van der Waals surface area contributed by atoms with Gasteiger partial charge in [0.15, 0.2) is 0 Å². The van der Waals surface area contributed by atoms with E-state index < -0.39 is 17.4 Å². The lowest BCUT2D eigenvalue weighted by atomic mass is 9.95. The van der Waals surface area contributed by atoms with Gasteiger partial charge in [-0.1, -0.05) is 6.07 Å². The van der Waals surface area contributed by atoms with E-state index in [1.165, 1.54) is 12.1 Å². The Kier molecular flexibility index (Phi) is 3.04. The largest absolute Gasteiger partial charge is 0.433 e. The van der Waals surface area contributed by atoms with E-state index in [1.807, 2.05) is 0 Å². The fourth-order valence-electron chi connectivity index (χ4n) is 1.33. The molecule has 0 spiro atoms. The summed E-state index contributed by atoms with van der Waals surface area (Å²) in [5.41, 5.74) is 4.30. The molecule has 1 aromatic heterocycles. The van der Waals surface area contributed by atoms with Crippen LogP contribution in [0, 0.1) is 0 Å². The van der Waals surface area contributed by atoms with Gasteiger partial charge < -0.3 is 5.73 Å². The van der Waals surface area contributed by atoms with Gasteiger partial charge in [0.2, 0.25) is 0 Å². The van der Waals surface area contributed by atoms with Gasteiger partial charge >= 0.3 is 6.18 Å². The second-order valence-electron chi connectivity index (χ2n) is 4.17. The average molecular weight is 218 g/mol. The number of alkyl halides is 3. The molecule has 1 heterocycles. The quantitative estimate of drug-likeness (QED) is 0.827. The predicted molar refractivity (Wildman–Crippen MR) is 51.2 cm³/mol. The fraction of sp³-hybridized carbons (Fsp3) is 0.500. The van der Waals surface area contributed by atoms with Gasteiger partial charge in [-0.15, -0.1) is 0 Å². The van der Waals surface area contributed by atoms with Crippen molar-refractivity contribution in [2.24, 2.45) is 5.73 Å². The van der Waals surface area contributed by atoms with Gasteiger partial charge in [-0.2, -0.15) is 13.2 Å². The van der Waals surface area contributed by atoms with Gasteiger partial charge in [-0.25, -0.2) is 0 Å². The highest BCUT2D eigenvalue weighted by Crippen LogP contribution is 2.31. The Balaban J connectivity index is 3.08. The molecule has 2 nitrogen and oxygen atoms in total. The van der Waals surface area contributed by atoms with Crippen LogP contribution in [0.1, 0.15) is 25.1 Å². The normalized spacial score (nSPS) is 12.9. The zero-order valence-corrected chi connectivity index (χ0v) is 8.60. The van der Waals surface area contributed by atoms with Crippen LogP contribution >= 0.6 is 0 Å². The third kappa shape index (κ3) is 3.51. The van der Waals surface area contributed by atoms with E-state index in [0.29, 0.717) is 0 Å². The Hall–Kier alpha value is -1.10. The Labute approximate surface area is 86.3 Å². The lowest BCUT2D eigenvalue weighted by molar-refractivity contribution is -0.141. The van der Waals surface area contributed by atoms with Crippen molar-refractivity contribution in [3.63, 3.8) is 0 Å². The Morgan fingerprint density at radius 2 is 1.93 bits per heavy atom. The predicted octanol–water partition coefficient (Wildman–Crippen LogP) is 2.38. The van der Waals surface area contributed by atoms with Crippen molar-refractivity contribution in [3.05, 3.63) is 29.6 Å². The molecule has 0 amide bonds. The van der Waals surface area contributed by atoms with Crippen molar-refractivity contribution in [1.82, 2.24) is 4.98 Å². The van der Waals surface area contributed by atoms with Crippen LogP contribution < -0.4 is 5.73 Å². The van der Waals surface area contributed by atoms with E-state index in [1.54, 1.807) is 13.8 Å². The molecule has 0 saturated carbocycles. The summed E-state index contributed by atoms with van der Waals surface area (Å²) in [6.07, 6.45) is -3.13. The number of rotatable bonds is 2. The Morgan fingerprint density at radius 3 is 2.40 bits per heavy atom. The molecule has 2 N–H and O–H groups in total. The fourth-order valence-corrected chi connectivity index (χ4v) is 1.33. The summed E-state index contributed by atoms with van der Waals surface area (Å²) in [5.74, 6) is 0. The highest BCUT2D eigenvalue weighted by atomic mass is 19.4. The summed E-state index contributed by atoms with van der Waals surface area (Å²) in [4.78, 5) is 3.35. The van der Waals surface area contributed by atoms with E-state index in [9.17, 15) is 13.2 Å². The molecule has 0 radical (unpaired) electrons. The van der Waals surface area contributed by atoms with Crippen LogP contribution in [0.2, 0.25) is 0 Å². The number of nitrogens with two attached hydrogens (primary N) is 1. The molecule has 15 heavy (non-hydrogen) atoms. The van der Waals surface area contributed by atoms with Crippen LogP contribution in [0.4, 0.5) is 13.2 Å². The molecule has 0 aliphatic heterocycles. The Bertz CT molecular complexity index is 339. The molecule has 0 aliphatic rings. The third-order valence-corrected chi connectivity index (χ3v) is 1.81. The summed E-state index contributed by atoms with van der Waals surface area (Å²) in [5, 5.41) is 0. The molecule has 1 rings (SSSR count). The first kappa shape index (κ1) is 12.0. The maximum atomic E-state index is 12.5. The zero-order chi connectivity index (χ0) is 11.7. The molecule has 0 unspecified atom stereocenters. The van der Waals surface area contributed by atoms with E-state index in [-0.39, 0.29) is 12.0 Å². The molecular weight excluding hydrogens is 205 g/mol.